The van der Waals surface area contributed by atoms with E-state index in [4.69, 9.17) is 0 Å². The molecular weight excluding hydrogens is 294 g/mol. The van der Waals surface area contributed by atoms with Gasteiger partial charge in [-0.2, -0.15) is 0 Å². The summed E-state index contributed by atoms with van der Waals surface area (Å²) >= 11 is 0. The molecule has 0 saturated heterocycles. The second-order valence-corrected chi connectivity index (χ2v) is 5.37. The van der Waals surface area contributed by atoms with Crippen molar-refractivity contribution in [3.8, 4) is 0 Å². The van der Waals surface area contributed by atoms with Crippen LogP contribution >= 0.6 is 0 Å². The van der Waals surface area contributed by atoms with Gasteiger partial charge in [-0.25, -0.2) is 0 Å². The predicted octanol–water partition coefficient (Wildman–Crippen LogP) is 1.19. The van der Waals surface area contributed by atoms with E-state index in [1.807, 2.05) is 19.1 Å². The Bertz CT molecular complexity index is 709. The van der Waals surface area contributed by atoms with E-state index in [9.17, 15) is 14.7 Å². The molecule has 0 aliphatic carbocycles. The number of amides is 1. The number of rotatable bonds is 6. The molecule has 0 aliphatic heterocycles. The summed E-state index contributed by atoms with van der Waals surface area (Å²) in [5.74, 6) is -0.371. The summed E-state index contributed by atoms with van der Waals surface area (Å²) in [5, 5.41) is 9.60. The quantitative estimate of drug-likeness (QED) is 0.869. The van der Waals surface area contributed by atoms with Crippen molar-refractivity contribution in [2.24, 2.45) is 7.05 Å². The van der Waals surface area contributed by atoms with Crippen LogP contribution in [0.15, 0.2) is 47.7 Å². The van der Waals surface area contributed by atoms with Crippen LogP contribution in [0, 0.1) is 0 Å². The molecule has 2 rings (SSSR count). The molecule has 0 spiro atoms. The van der Waals surface area contributed by atoms with Gasteiger partial charge in [0.15, 0.2) is 0 Å². The first-order valence-electron chi connectivity index (χ1n) is 7.54. The first-order valence-corrected chi connectivity index (χ1v) is 7.54. The molecule has 1 unspecified atom stereocenters. The number of hydrogen-bond donors (Lipinski definition) is 1. The van der Waals surface area contributed by atoms with Crippen molar-refractivity contribution in [2.45, 2.75) is 25.9 Å². The maximum Gasteiger partial charge on any atom is 0.263 e. The van der Waals surface area contributed by atoms with Gasteiger partial charge in [0.05, 0.1) is 12.6 Å². The molecule has 0 aliphatic rings. The SMILES string of the molecule is CCC(CO)N(Cc1ccncc1)C(=O)c1cccn(C)c1=O. The predicted molar refractivity (Wildman–Crippen MR) is 87.0 cm³/mol. The third-order valence-electron chi connectivity index (χ3n) is 3.84. The zero-order chi connectivity index (χ0) is 16.8. The van der Waals surface area contributed by atoms with Gasteiger partial charge in [-0.05, 0) is 36.2 Å². The molecule has 6 nitrogen and oxygen atoms in total. The van der Waals surface area contributed by atoms with Crippen LogP contribution in [0.2, 0.25) is 0 Å². The molecule has 2 aromatic rings. The number of aliphatic hydroxyl groups is 1. The van der Waals surface area contributed by atoms with Crippen LogP contribution in [-0.4, -0.2) is 38.1 Å². The third-order valence-corrected chi connectivity index (χ3v) is 3.84. The molecule has 1 amide bonds. The summed E-state index contributed by atoms with van der Waals surface area (Å²) in [5.41, 5.74) is 0.661. The fraction of sp³-hybridized carbons (Fsp3) is 0.353. The zero-order valence-electron chi connectivity index (χ0n) is 13.3. The van der Waals surface area contributed by atoms with Crippen LogP contribution in [-0.2, 0) is 13.6 Å². The van der Waals surface area contributed by atoms with Crippen LogP contribution in [0.5, 0.6) is 0 Å². The summed E-state index contributed by atoms with van der Waals surface area (Å²) in [6.07, 6.45) is 5.51. The van der Waals surface area contributed by atoms with Gasteiger partial charge in [-0.15, -0.1) is 0 Å². The van der Waals surface area contributed by atoms with E-state index in [-0.39, 0.29) is 29.7 Å². The molecule has 0 saturated carbocycles. The maximum atomic E-state index is 12.9. The summed E-state index contributed by atoms with van der Waals surface area (Å²) in [6, 6.07) is 6.47. The summed E-state index contributed by atoms with van der Waals surface area (Å²) < 4.78 is 1.37. The molecule has 122 valence electrons. The number of carbonyl (C=O) groups excluding carboxylic acids is 1. The Morgan fingerprint density at radius 3 is 2.65 bits per heavy atom. The van der Waals surface area contributed by atoms with Crippen molar-refractivity contribution >= 4 is 5.91 Å². The summed E-state index contributed by atoms with van der Waals surface area (Å²) in [4.78, 5) is 30.6. The number of carbonyl (C=O) groups is 1. The molecule has 0 radical (unpaired) electrons. The second kappa shape index (κ2) is 7.69. The van der Waals surface area contributed by atoms with Gasteiger partial charge in [-0.1, -0.05) is 6.92 Å². The molecule has 1 atom stereocenters. The van der Waals surface area contributed by atoms with Gasteiger partial charge >= 0.3 is 0 Å². The van der Waals surface area contributed by atoms with E-state index in [2.05, 4.69) is 4.98 Å². The fourth-order valence-electron chi connectivity index (χ4n) is 2.41. The lowest BCUT2D eigenvalue weighted by atomic mass is 10.1. The highest BCUT2D eigenvalue weighted by atomic mass is 16.3. The van der Waals surface area contributed by atoms with Crippen molar-refractivity contribution < 1.29 is 9.90 Å². The van der Waals surface area contributed by atoms with Crippen LogP contribution in [0.1, 0.15) is 29.3 Å². The molecule has 0 fully saturated rings. The van der Waals surface area contributed by atoms with Gasteiger partial charge in [0.25, 0.3) is 11.5 Å². The Hall–Kier alpha value is -2.47. The normalized spacial score (nSPS) is 12.0. The maximum absolute atomic E-state index is 12.9. The molecule has 0 bridgehead atoms. The zero-order valence-corrected chi connectivity index (χ0v) is 13.3. The van der Waals surface area contributed by atoms with E-state index in [0.29, 0.717) is 13.0 Å². The number of nitrogens with zero attached hydrogens (tertiary/aromatic N) is 3. The smallest absolute Gasteiger partial charge is 0.263 e. The largest absolute Gasteiger partial charge is 0.394 e. The molecule has 2 heterocycles. The van der Waals surface area contributed by atoms with Crippen LogP contribution in [0.4, 0.5) is 0 Å². The van der Waals surface area contributed by atoms with Gasteiger partial charge in [0.1, 0.15) is 5.56 Å². The average Bonchev–Trinajstić information content (AvgIpc) is 2.58. The van der Waals surface area contributed by atoms with E-state index in [1.165, 1.54) is 10.6 Å². The first-order chi connectivity index (χ1) is 11.1. The minimum atomic E-state index is -0.371. The topological polar surface area (TPSA) is 75.4 Å². The van der Waals surface area contributed by atoms with Gasteiger partial charge in [-0.3, -0.25) is 14.6 Å². The Morgan fingerprint density at radius 1 is 1.35 bits per heavy atom. The molecule has 1 N–H and O–H groups in total. The Morgan fingerprint density at radius 2 is 2.04 bits per heavy atom. The molecule has 2 aromatic heterocycles. The first kappa shape index (κ1) is 16.9. The number of pyridine rings is 2. The molecule has 6 heteroatoms. The number of aromatic nitrogens is 2. The van der Waals surface area contributed by atoms with E-state index < -0.39 is 0 Å². The monoisotopic (exact) mass is 315 g/mol. The Balaban J connectivity index is 2.38. The minimum absolute atomic E-state index is 0.107. The highest BCUT2D eigenvalue weighted by molar-refractivity contribution is 5.94. The fourth-order valence-corrected chi connectivity index (χ4v) is 2.41. The van der Waals surface area contributed by atoms with E-state index >= 15 is 0 Å². The van der Waals surface area contributed by atoms with Crippen LogP contribution in [0.3, 0.4) is 0 Å². The van der Waals surface area contributed by atoms with Crippen LogP contribution in [0.25, 0.3) is 0 Å². The number of hydrogen-bond acceptors (Lipinski definition) is 4. The lowest BCUT2D eigenvalue weighted by Gasteiger charge is -2.30. The van der Waals surface area contributed by atoms with Crippen molar-refractivity contribution in [2.75, 3.05) is 6.61 Å². The van der Waals surface area contributed by atoms with Gasteiger partial charge < -0.3 is 14.6 Å². The number of aliphatic hydroxyl groups excluding tert-OH is 1. The Labute approximate surface area is 135 Å². The van der Waals surface area contributed by atoms with Crippen molar-refractivity contribution in [3.63, 3.8) is 0 Å². The second-order valence-electron chi connectivity index (χ2n) is 5.37. The highest BCUT2D eigenvalue weighted by Crippen LogP contribution is 2.13. The highest BCUT2D eigenvalue weighted by Gasteiger charge is 2.25. The van der Waals surface area contributed by atoms with Crippen LogP contribution < -0.4 is 5.56 Å². The molecule has 0 aromatic carbocycles. The van der Waals surface area contributed by atoms with Crippen molar-refractivity contribution in [1.29, 1.82) is 0 Å². The van der Waals surface area contributed by atoms with E-state index in [1.54, 1.807) is 36.6 Å². The third kappa shape index (κ3) is 3.84. The van der Waals surface area contributed by atoms with Gasteiger partial charge in [0, 0.05) is 32.2 Å². The molecule has 23 heavy (non-hydrogen) atoms. The number of aryl methyl sites for hydroxylation is 1. The van der Waals surface area contributed by atoms with Crippen molar-refractivity contribution in [1.82, 2.24) is 14.5 Å². The lowest BCUT2D eigenvalue weighted by Crippen LogP contribution is -2.44. The standard InChI is InChI=1S/C17H21N3O3/c1-3-14(12-21)20(11-13-6-8-18-9-7-13)17(23)15-5-4-10-19(2)16(15)22/h4-10,14,21H,3,11-12H2,1-2H3. The average molecular weight is 315 g/mol. The van der Waals surface area contributed by atoms with Crippen molar-refractivity contribution in [3.05, 3.63) is 64.3 Å². The summed E-state index contributed by atoms with van der Waals surface area (Å²) in [7, 11) is 1.61. The minimum Gasteiger partial charge on any atom is -0.394 e. The Kier molecular flexibility index (Phi) is 5.65. The van der Waals surface area contributed by atoms with Gasteiger partial charge in [0.2, 0.25) is 0 Å². The lowest BCUT2D eigenvalue weighted by molar-refractivity contribution is 0.0561. The van der Waals surface area contributed by atoms with E-state index in [0.717, 1.165) is 5.56 Å². The molecular formula is C17H21N3O3. The summed E-state index contributed by atoms with van der Waals surface area (Å²) in [6.45, 7) is 2.07.